The van der Waals surface area contributed by atoms with E-state index in [0.29, 0.717) is 16.1 Å². The van der Waals surface area contributed by atoms with Crippen molar-refractivity contribution in [2.24, 2.45) is 0 Å². The average molecular weight is 280 g/mol. The fourth-order valence-corrected chi connectivity index (χ4v) is 3.07. The number of amides is 1. The van der Waals surface area contributed by atoms with Crippen LogP contribution in [0.1, 0.15) is 41.9 Å². The van der Waals surface area contributed by atoms with Crippen LogP contribution in [-0.4, -0.2) is 26.0 Å². The molecule has 0 aromatic carbocycles. The number of anilines is 2. The SMILES string of the molecule is CCCN(CCC)c1sc(C(=O)NC)c(N)c1C#N. The molecular weight excluding hydrogens is 260 g/mol. The Morgan fingerprint density at radius 3 is 2.42 bits per heavy atom. The van der Waals surface area contributed by atoms with Crippen LogP contribution in [0.15, 0.2) is 0 Å². The van der Waals surface area contributed by atoms with E-state index in [1.54, 1.807) is 7.05 Å². The minimum atomic E-state index is -0.238. The molecular formula is C13H20N4OS. The normalized spacial score (nSPS) is 10.0. The first-order valence-corrected chi connectivity index (χ1v) is 7.21. The van der Waals surface area contributed by atoms with E-state index >= 15 is 0 Å². The number of nitriles is 1. The molecule has 0 atom stereocenters. The molecule has 1 aromatic heterocycles. The number of hydrogen-bond donors (Lipinski definition) is 2. The van der Waals surface area contributed by atoms with Gasteiger partial charge in [0.25, 0.3) is 5.91 Å². The highest BCUT2D eigenvalue weighted by Crippen LogP contribution is 2.37. The Morgan fingerprint density at radius 1 is 1.42 bits per heavy atom. The van der Waals surface area contributed by atoms with Gasteiger partial charge in [-0.05, 0) is 12.8 Å². The lowest BCUT2D eigenvalue weighted by molar-refractivity contribution is 0.0968. The maximum Gasteiger partial charge on any atom is 0.263 e. The van der Waals surface area contributed by atoms with E-state index in [4.69, 9.17) is 5.73 Å². The van der Waals surface area contributed by atoms with Crippen LogP contribution in [0.25, 0.3) is 0 Å². The largest absolute Gasteiger partial charge is 0.396 e. The summed E-state index contributed by atoms with van der Waals surface area (Å²) in [4.78, 5) is 14.3. The Hall–Kier alpha value is -1.74. The molecule has 0 saturated heterocycles. The summed E-state index contributed by atoms with van der Waals surface area (Å²) in [6.07, 6.45) is 1.97. The zero-order valence-corrected chi connectivity index (χ0v) is 12.4. The molecule has 0 spiro atoms. The topological polar surface area (TPSA) is 82.2 Å². The standard InChI is InChI=1S/C13H20N4OS/c1-4-6-17(7-5-2)13-9(8-14)10(15)11(19-13)12(18)16-3/h4-7,15H2,1-3H3,(H,16,18). The zero-order valence-electron chi connectivity index (χ0n) is 11.6. The predicted octanol–water partition coefficient (Wildman–Crippen LogP) is 2.19. The maximum absolute atomic E-state index is 11.7. The van der Waals surface area contributed by atoms with E-state index in [2.05, 4.69) is 30.1 Å². The van der Waals surface area contributed by atoms with Gasteiger partial charge in [-0.1, -0.05) is 13.8 Å². The number of thiophene rings is 1. The van der Waals surface area contributed by atoms with Crippen LogP contribution in [0.3, 0.4) is 0 Å². The maximum atomic E-state index is 11.7. The van der Waals surface area contributed by atoms with E-state index in [1.807, 2.05) is 0 Å². The third-order valence-corrected chi connectivity index (χ3v) is 4.01. The van der Waals surface area contributed by atoms with Gasteiger partial charge in [-0.2, -0.15) is 5.26 Å². The molecule has 6 heteroatoms. The highest BCUT2D eigenvalue weighted by molar-refractivity contribution is 7.19. The summed E-state index contributed by atoms with van der Waals surface area (Å²) >= 11 is 1.30. The van der Waals surface area contributed by atoms with Crippen molar-refractivity contribution >= 4 is 27.9 Å². The van der Waals surface area contributed by atoms with Crippen molar-refractivity contribution < 1.29 is 4.79 Å². The molecule has 19 heavy (non-hydrogen) atoms. The van der Waals surface area contributed by atoms with E-state index in [1.165, 1.54) is 11.3 Å². The minimum Gasteiger partial charge on any atom is -0.396 e. The van der Waals surface area contributed by atoms with Gasteiger partial charge in [-0.15, -0.1) is 11.3 Å². The van der Waals surface area contributed by atoms with Crippen LogP contribution in [0.5, 0.6) is 0 Å². The molecule has 0 saturated carbocycles. The number of carbonyl (C=O) groups is 1. The predicted molar refractivity (Wildman–Crippen MR) is 79.6 cm³/mol. The molecule has 1 amide bonds. The molecule has 0 fully saturated rings. The fourth-order valence-electron chi connectivity index (χ4n) is 1.90. The highest BCUT2D eigenvalue weighted by atomic mass is 32.1. The summed E-state index contributed by atoms with van der Waals surface area (Å²) in [5.74, 6) is -0.238. The average Bonchev–Trinajstić information content (AvgIpc) is 2.74. The summed E-state index contributed by atoms with van der Waals surface area (Å²) in [5.41, 5.74) is 6.63. The number of nitrogens with one attached hydrogen (secondary N) is 1. The quantitative estimate of drug-likeness (QED) is 0.836. The van der Waals surface area contributed by atoms with Crippen LogP contribution in [0.2, 0.25) is 0 Å². The number of rotatable bonds is 6. The first-order chi connectivity index (χ1) is 9.10. The van der Waals surface area contributed by atoms with Gasteiger partial charge in [0.15, 0.2) is 0 Å². The lowest BCUT2D eigenvalue weighted by Crippen LogP contribution is -2.24. The second-order valence-corrected chi connectivity index (χ2v) is 5.20. The van der Waals surface area contributed by atoms with Crippen LogP contribution < -0.4 is 16.0 Å². The molecule has 3 N–H and O–H groups in total. The Labute approximate surface area is 118 Å². The molecule has 0 aliphatic heterocycles. The summed E-state index contributed by atoms with van der Waals surface area (Å²) in [5, 5.41) is 12.6. The van der Waals surface area contributed by atoms with Gasteiger partial charge in [-0.25, -0.2) is 0 Å². The molecule has 1 aromatic rings. The number of nitrogens with zero attached hydrogens (tertiary/aromatic N) is 2. The van der Waals surface area contributed by atoms with Crippen LogP contribution in [0.4, 0.5) is 10.7 Å². The summed E-state index contributed by atoms with van der Waals surface area (Å²) < 4.78 is 0. The molecule has 0 aliphatic rings. The fraction of sp³-hybridized carbons (Fsp3) is 0.538. The number of carbonyl (C=O) groups excluding carboxylic acids is 1. The lowest BCUT2D eigenvalue weighted by Gasteiger charge is -2.22. The van der Waals surface area contributed by atoms with E-state index in [0.717, 1.165) is 30.9 Å². The van der Waals surface area contributed by atoms with Crippen molar-refractivity contribution in [1.29, 1.82) is 5.26 Å². The monoisotopic (exact) mass is 280 g/mol. The molecule has 1 heterocycles. The molecule has 0 unspecified atom stereocenters. The van der Waals surface area contributed by atoms with Crippen molar-refractivity contribution in [3.8, 4) is 6.07 Å². The molecule has 104 valence electrons. The lowest BCUT2D eigenvalue weighted by atomic mass is 10.2. The van der Waals surface area contributed by atoms with Crippen molar-refractivity contribution in [3.63, 3.8) is 0 Å². The first kappa shape index (κ1) is 15.3. The smallest absolute Gasteiger partial charge is 0.263 e. The van der Waals surface area contributed by atoms with E-state index < -0.39 is 0 Å². The molecule has 0 aliphatic carbocycles. The number of hydrogen-bond acceptors (Lipinski definition) is 5. The van der Waals surface area contributed by atoms with Gasteiger partial charge < -0.3 is 16.0 Å². The Kier molecular flexibility index (Phi) is 5.64. The van der Waals surface area contributed by atoms with Gasteiger partial charge >= 0.3 is 0 Å². The van der Waals surface area contributed by atoms with Crippen LogP contribution >= 0.6 is 11.3 Å². The zero-order chi connectivity index (χ0) is 14.4. The first-order valence-electron chi connectivity index (χ1n) is 6.39. The van der Waals surface area contributed by atoms with E-state index in [-0.39, 0.29) is 5.91 Å². The minimum absolute atomic E-state index is 0.238. The number of nitrogen functional groups attached to an aromatic ring is 1. The summed E-state index contributed by atoms with van der Waals surface area (Å²) in [6.45, 7) is 5.89. The molecule has 0 bridgehead atoms. The van der Waals surface area contributed by atoms with Crippen LogP contribution in [-0.2, 0) is 0 Å². The van der Waals surface area contributed by atoms with Crippen LogP contribution in [0, 0.1) is 11.3 Å². The Morgan fingerprint density at radius 2 is 2.00 bits per heavy atom. The third kappa shape index (κ3) is 3.18. The van der Waals surface area contributed by atoms with Crippen molar-refractivity contribution in [3.05, 3.63) is 10.4 Å². The Bertz CT molecular complexity index is 484. The highest BCUT2D eigenvalue weighted by Gasteiger charge is 2.23. The molecule has 5 nitrogen and oxygen atoms in total. The molecule has 0 radical (unpaired) electrons. The van der Waals surface area contributed by atoms with Crippen molar-refractivity contribution in [1.82, 2.24) is 5.32 Å². The Balaban J connectivity index is 3.26. The van der Waals surface area contributed by atoms with Gasteiger partial charge in [0.2, 0.25) is 0 Å². The second kappa shape index (κ2) is 7.00. The third-order valence-electron chi connectivity index (χ3n) is 2.75. The van der Waals surface area contributed by atoms with Gasteiger partial charge in [0.05, 0.1) is 5.69 Å². The van der Waals surface area contributed by atoms with Crippen molar-refractivity contribution in [2.45, 2.75) is 26.7 Å². The number of nitrogens with two attached hydrogens (primary N) is 1. The van der Waals surface area contributed by atoms with Gasteiger partial charge in [0.1, 0.15) is 21.5 Å². The van der Waals surface area contributed by atoms with Gasteiger partial charge in [0, 0.05) is 20.1 Å². The summed E-state index contributed by atoms with van der Waals surface area (Å²) in [6, 6.07) is 2.12. The summed E-state index contributed by atoms with van der Waals surface area (Å²) in [7, 11) is 1.56. The van der Waals surface area contributed by atoms with E-state index in [9.17, 15) is 10.1 Å². The second-order valence-electron chi connectivity index (χ2n) is 4.20. The molecule has 1 rings (SSSR count). The van der Waals surface area contributed by atoms with Crippen molar-refractivity contribution in [2.75, 3.05) is 30.8 Å². The van der Waals surface area contributed by atoms with Gasteiger partial charge in [-0.3, -0.25) is 4.79 Å².